The molecule has 0 bridgehead atoms. The SMILES string of the molecule is COc1c(Br)cc(CCN2CCNCC2)cc1SC. The average Bonchev–Trinajstić information content (AvgIpc) is 2.45. The van der Waals surface area contributed by atoms with E-state index in [0.29, 0.717) is 0 Å². The van der Waals surface area contributed by atoms with Crippen molar-refractivity contribution in [2.75, 3.05) is 46.1 Å². The van der Waals surface area contributed by atoms with Crippen LogP contribution in [-0.4, -0.2) is 51.0 Å². The Hall–Kier alpha value is -0.230. The minimum absolute atomic E-state index is 0.943. The molecule has 19 heavy (non-hydrogen) atoms. The summed E-state index contributed by atoms with van der Waals surface area (Å²) in [5, 5.41) is 3.39. The molecule has 1 fully saturated rings. The fraction of sp³-hybridized carbons (Fsp3) is 0.571. The second-order valence-electron chi connectivity index (χ2n) is 4.65. The Morgan fingerprint density at radius 2 is 2.11 bits per heavy atom. The summed E-state index contributed by atoms with van der Waals surface area (Å²) in [5.41, 5.74) is 1.37. The lowest BCUT2D eigenvalue weighted by atomic mass is 10.1. The Morgan fingerprint density at radius 3 is 2.74 bits per heavy atom. The lowest BCUT2D eigenvalue weighted by Gasteiger charge is -2.27. The zero-order valence-corrected chi connectivity index (χ0v) is 13.9. The van der Waals surface area contributed by atoms with Crippen LogP contribution in [0.1, 0.15) is 5.56 Å². The molecule has 1 aliphatic heterocycles. The molecular weight excluding hydrogens is 324 g/mol. The highest BCUT2D eigenvalue weighted by atomic mass is 79.9. The van der Waals surface area contributed by atoms with Gasteiger partial charge in [0.25, 0.3) is 0 Å². The van der Waals surface area contributed by atoms with E-state index >= 15 is 0 Å². The number of rotatable bonds is 5. The van der Waals surface area contributed by atoms with Crippen LogP contribution in [0.3, 0.4) is 0 Å². The van der Waals surface area contributed by atoms with E-state index in [0.717, 1.165) is 49.4 Å². The van der Waals surface area contributed by atoms with Crippen LogP contribution in [0, 0.1) is 0 Å². The second kappa shape index (κ2) is 7.53. The second-order valence-corrected chi connectivity index (χ2v) is 6.36. The molecule has 1 aromatic rings. The minimum Gasteiger partial charge on any atom is -0.494 e. The van der Waals surface area contributed by atoms with Gasteiger partial charge in [0, 0.05) is 32.7 Å². The standard InChI is InChI=1S/C14H21BrN2OS/c1-18-14-12(15)9-11(10-13(14)19-2)3-6-17-7-4-16-5-8-17/h9-10,16H,3-8H2,1-2H3. The highest BCUT2D eigenvalue weighted by Gasteiger charge is 2.12. The van der Waals surface area contributed by atoms with E-state index in [1.807, 2.05) is 0 Å². The summed E-state index contributed by atoms with van der Waals surface area (Å²) in [6.07, 6.45) is 3.18. The highest BCUT2D eigenvalue weighted by Crippen LogP contribution is 2.36. The summed E-state index contributed by atoms with van der Waals surface area (Å²) >= 11 is 5.33. The molecule has 1 heterocycles. The molecule has 106 valence electrons. The molecule has 0 saturated carbocycles. The topological polar surface area (TPSA) is 24.5 Å². The van der Waals surface area contributed by atoms with Gasteiger partial charge in [-0.2, -0.15) is 0 Å². The molecule has 5 heteroatoms. The Kier molecular flexibility index (Phi) is 6.01. The zero-order chi connectivity index (χ0) is 13.7. The molecule has 0 spiro atoms. The van der Waals surface area contributed by atoms with E-state index < -0.39 is 0 Å². The first-order valence-electron chi connectivity index (χ1n) is 6.58. The van der Waals surface area contributed by atoms with Crippen LogP contribution < -0.4 is 10.1 Å². The van der Waals surface area contributed by atoms with E-state index in [1.54, 1.807) is 18.9 Å². The van der Waals surface area contributed by atoms with Crippen molar-refractivity contribution in [3.8, 4) is 5.75 Å². The normalized spacial score (nSPS) is 16.6. The molecule has 1 N–H and O–H groups in total. The molecule has 0 amide bonds. The Labute approximate surface area is 128 Å². The van der Waals surface area contributed by atoms with Crippen LogP contribution in [0.25, 0.3) is 0 Å². The van der Waals surface area contributed by atoms with Crippen molar-refractivity contribution in [1.82, 2.24) is 10.2 Å². The third-order valence-electron chi connectivity index (χ3n) is 3.42. The first-order valence-corrected chi connectivity index (χ1v) is 8.60. The van der Waals surface area contributed by atoms with Gasteiger partial charge < -0.3 is 15.0 Å². The maximum Gasteiger partial charge on any atom is 0.146 e. The number of methoxy groups -OCH3 is 1. The molecule has 0 radical (unpaired) electrons. The predicted octanol–water partition coefficient (Wildman–Crippen LogP) is 2.63. The Balaban J connectivity index is 2.01. The van der Waals surface area contributed by atoms with Crippen LogP contribution in [-0.2, 0) is 6.42 Å². The molecule has 0 aromatic heterocycles. The summed E-state index contributed by atoms with van der Waals surface area (Å²) in [7, 11) is 1.72. The van der Waals surface area contributed by atoms with Gasteiger partial charge in [-0.3, -0.25) is 0 Å². The van der Waals surface area contributed by atoms with Gasteiger partial charge in [-0.15, -0.1) is 11.8 Å². The number of nitrogens with zero attached hydrogens (tertiary/aromatic N) is 1. The summed E-state index contributed by atoms with van der Waals surface area (Å²) in [5.74, 6) is 0.943. The third kappa shape index (κ3) is 4.12. The number of halogens is 1. The maximum absolute atomic E-state index is 5.43. The zero-order valence-electron chi connectivity index (χ0n) is 11.5. The summed E-state index contributed by atoms with van der Waals surface area (Å²) in [6.45, 7) is 5.68. The van der Waals surface area contributed by atoms with Crippen molar-refractivity contribution < 1.29 is 4.74 Å². The maximum atomic E-state index is 5.43. The summed E-state index contributed by atoms with van der Waals surface area (Å²) < 4.78 is 6.48. The van der Waals surface area contributed by atoms with Crippen molar-refractivity contribution in [2.45, 2.75) is 11.3 Å². The highest BCUT2D eigenvalue weighted by molar-refractivity contribution is 9.10. The van der Waals surface area contributed by atoms with E-state index in [1.165, 1.54) is 10.5 Å². The first-order chi connectivity index (χ1) is 9.24. The van der Waals surface area contributed by atoms with Crippen LogP contribution in [0.5, 0.6) is 5.75 Å². The van der Waals surface area contributed by atoms with Gasteiger partial charge in [0.2, 0.25) is 0 Å². The first kappa shape index (κ1) is 15.2. The number of piperazine rings is 1. The molecule has 3 nitrogen and oxygen atoms in total. The van der Waals surface area contributed by atoms with Crippen LogP contribution in [0.15, 0.2) is 21.5 Å². The molecule has 2 rings (SSSR count). The van der Waals surface area contributed by atoms with Crippen molar-refractivity contribution in [2.24, 2.45) is 0 Å². The monoisotopic (exact) mass is 344 g/mol. The van der Waals surface area contributed by atoms with E-state index in [-0.39, 0.29) is 0 Å². The molecule has 1 aromatic carbocycles. The van der Waals surface area contributed by atoms with Crippen molar-refractivity contribution >= 4 is 27.7 Å². The lowest BCUT2D eigenvalue weighted by Crippen LogP contribution is -2.44. The van der Waals surface area contributed by atoms with Gasteiger partial charge in [0.15, 0.2) is 0 Å². The number of nitrogens with one attached hydrogen (secondary N) is 1. The summed E-state index contributed by atoms with van der Waals surface area (Å²) in [6, 6.07) is 4.43. The van der Waals surface area contributed by atoms with Gasteiger partial charge in [-0.05, 0) is 46.3 Å². The smallest absolute Gasteiger partial charge is 0.146 e. The van der Waals surface area contributed by atoms with E-state index in [2.05, 4.69) is 44.5 Å². The molecule has 1 saturated heterocycles. The average molecular weight is 345 g/mol. The van der Waals surface area contributed by atoms with Gasteiger partial charge in [0.1, 0.15) is 5.75 Å². The number of thioether (sulfide) groups is 1. The van der Waals surface area contributed by atoms with Crippen LogP contribution in [0.2, 0.25) is 0 Å². The molecule has 1 aliphatic rings. The fourth-order valence-corrected chi connectivity index (χ4v) is 3.79. The number of hydrogen-bond acceptors (Lipinski definition) is 4. The molecular formula is C14H21BrN2OS. The largest absolute Gasteiger partial charge is 0.494 e. The number of benzene rings is 1. The van der Waals surface area contributed by atoms with Crippen LogP contribution in [0.4, 0.5) is 0 Å². The quantitative estimate of drug-likeness (QED) is 0.830. The van der Waals surface area contributed by atoms with Gasteiger partial charge in [0.05, 0.1) is 16.5 Å². The van der Waals surface area contributed by atoms with Crippen molar-refractivity contribution in [1.29, 1.82) is 0 Å². The summed E-state index contributed by atoms with van der Waals surface area (Å²) in [4.78, 5) is 3.72. The molecule has 0 aliphatic carbocycles. The minimum atomic E-state index is 0.943. The predicted molar refractivity (Wildman–Crippen MR) is 85.5 cm³/mol. The number of hydrogen-bond donors (Lipinski definition) is 1. The third-order valence-corrected chi connectivity index (χ3v) is 4.75. The lowest BCUT2D eigenvalue weighted by molar-refractivity contribution is 0.244. The Bertz CT molecular complexity index is 422. The molecule has 0 atom stereocenters. The van der Waals surface area contributed by atoms with Crippen molar-refractivity contribution in [3.05, 3.63) is 22.2 Å². The van der Waals surface area contributed by atoms with E-state index in [9.17, 15) is 0 Å². The van der Waals surface area contributed by atoms with Gasteiger partial charge in [-0.1, -0.05) is 0 Å². The van der Waals surface area contributed by atoms with Crippen molar-refractivity contribution in [3.63, 3.8) is 0 Å². The fourth-order valence-electron chi connectivity index (χ4n) is 2.34. The van der Waals surface area contributed by atoms with E-state index in [4.69, 9.17) is 4.74 Å². The number of ether oxygens (including phenoxy) is 1. The van der Waals surface area contributed by atoms with Gasteiger partial charge in [-0.25, -0.2) is 0 Å². The molecule has 0 unspecified atom stereocenters. The van der Waals surface area contributed by atoms with Gasteiger partial charge >= 0.3 is 0 Å². The Morgan fingerprint density at radius 1 is 1.37 bits per heavy atom. The van der Waals surface area contributed by atoms with Crippen LogP contribution >= 0.6 is 27.7 Å².